The number of benzene rings is 1. The molecule has 1 aliphatic carbocycles. The molecule has 1 aromatic rings. The minimum Gasteiger partial charge on any atom is -0.388 e. The maximum absolute atomic E-state index is 10.1. The molecule has 0 amide bonds. The predicted octanol–water partition coefficient (Wildman–Crippen LogP) is 2.51. The summed E-state index contributed by atoms with van der Waals surface area (Å²) in [7, 11) is 2.13. The Morgan fingerprint density at radius 2 is 2.25 bits per heavy atom. The zero-order valence-corrected chi connectivity index (χ0v) is 9.82. The van der Waals surface area contributed by atoms with Crippen LogP contribution < -0.4 is 4.90 Å². The number of aliphatic hydroxyl groups excluding tert-OH is 1. The molecule has 2 heteroatoms. The van der Waals surface area contributed by atoms with Crippen molar-refractivity contribution in [3.05, 3.63) is 29.3 Å². The second-order valence-electron chi connectivity index (χ2n) is 5.25. The molecule has 1 heterocycles. The lowest BCUT2D eigenvalue weighted by atomic mass is 10.0. The van der Waals surface area contributed by atoms with Crippen LogP contribution >= 0.6 is 0 Å². The average molecular weight is 217 g/mol. The molecule has 2 nitrogen and oxygen atoms in total. The van der Waals surface area contributed by atoms with Gasteiger partial charge in [-0.25, -0.2) is 0 Å². The second kappa shape index (κ2) is 3.77. The van der Waals surface area contributed by atoms with E-state index < -0.39 is 0 Å². The highest BCUT2D eigenvalue weighted by Crippen LogP contribution is 2.38. The molecule has 0 saturated heterocycles. The topological polar surface area (TPSA) is 23.5 Å². The van der Waals surface area contributed by atoms with Gasteiger partial charge in [0, 0.05) is 19.3 Å². The Hall–Kier alpha value is -1.02. The molecule has 1 atom stereocenters. The number of aliphatic hydroxyl groups is 1. The van der Waals surface area contributed by atoms with Gasteiger partial charge in [-0.15, -0.1) is 0 Å². The zero-order chi connectivity index (χ0) is 11.1. The molecule has 86 valence electrons. The van der Waals surface area contributed by atoms with E-state index in [1.54, 1.807) is 0 Å². The van der Waals surface area contributed by atoms with Crippen molar-refractivity contribution in [2.45, 2.75) is 31.8 Å². The third-order valence-electron chi connectivity index (χ3n) is 3.87. The summed E-state index contributed by atoms with van der Waals surface area (Å²) in [6, 6.07) is 6.45. The first kappa shape index (κ1) is 10.2. The minimum absolute atomic E-state index is 0.247. The Bertz CT molecular complexity index is 398. The van der Waals surface area contributed by atoms with Crippen LogP contribution in [0.1, 0.15) is 36.5 Å². The Kier molecular flexibility index (Phi) is 2.40. The smallest absolute Gasteiger partial charge is 0.0792 e. The molecule has 0 radical (unpaired) electrons. The van der Waals surface area contributed by atoms with E-state index in [0.717, 1.165) is 30.9 Å². The van der Waals surface area contributed by atoms with Crippen molar-refractivity contribution in [1.82, 2.24) is 0 Å². The summed E-state index contributed by atoms with van der Waals surface area (Å²) in [6.45, 7) is 1.11. The van der Waals surface area contributed by atoms with Gasteiger partial charge in [-0.1, -0.05) is 25.0 Å². The van der Waals surface area contributed by atoms with Crippen LogP contribution in [0.25, 0.3) is 0 Å². The molecule has 0 spiro atoms. The van der Waals surface area contributed by atoms with Gasteiger partial charge in [-0.05, 0) is 36.0 Å². The zero-order valence-electron chi connectivity index (χ0n) is 9.82. The van der Waals surface area contributed by atoms with E-state index in [1.807, 2.05) is 0 Å². The van der Waals surface area contributed by atoms with Crippen LogP contribution in [0, 0.1) is 5.92 Å². The first-order chi connectivity index (χ1) is 7.74. The van der Waals surface area contributed by atoms with Gasteiger partial charge in [0.15, 0.2) is 0 Å². The molecule has 1 N–H and O–H groups in total. The number of fused-ring (bicyclic) bond motifs is 1. The highest BCUT2D eigenvalue weighted by molar-refractivity contribution is 5.58. The maximum Gasteiger partial charge on any atom is 0.0792 e. The number of nitrogens with zero attached hydrogens (tertiary/aromatic N) is 1. The normalized spacial score (nSPS) is 21.0. The van der Waals surface area contributed by atoms with Crippen LogP contribution in [-0.4, -0.2) is 18.7 Å². The van der Waals surface area contributed by atoms with Crippen LogP contribution in [0.2, 0.25) is 0 Å². The first-order valence-electron chi connectivity index (χ1n) is 6.26. The molecule has 1 saturated carbocycles. The lowest BCUT2D eigenvalue weighted by Crippen LogP contribution is -2.12. The number of likely N-dealkylation sites (N-methyl/N-ethyl adjacent to an activating group) is 1. The van der Waals surface area contributed by atoms with Gasteiger partial charge >= 0.3 is 0 Å². The largest absolute Gasteiger partial charge is 0.388 e. The number of hydrogen-bond acceptors (Lipinski definition) is 2. The van der Waals surface area contributed by atoms with Crippen LogP contribution in [0.15, 0.2) is 18.2 Å². The monoisotopic (exact) mass is 217 g/mol. The van der Waals surface area contributed by atoms with Crippen LogP contribution in [-0.2, 0) is 6.42 Å². The number of anilines is 1. The first-order valence-corrected chi connectivity index (χ1v) is 6.26. The highest BCUT2D eigenvalue weighted by atomic mass is 16.3. The fourth-order valence-corrected chi connectivity index (χ4v) is 2.60. The Morgan fingerprint density at radius 1 is 1.44 bits per heavy atom. The Morgan fingerprint density at radius 3 is 3.00 bits per heavy atom. The summed E-state index contributed by atoms with van der Waals surface area (Å²) in [5.41, 5.74) is 3.85. The van der Waals surface area contributed by atoms with Gasteiger partial charge in [0.2, 0.25) is 0 Å². The molecule has 0 bridgehead atoms. The average Bonchev–Trinajstić information content (AvgIpc) is 3.02. The predicted molar refractivity (Wildman–Crippen MR) is 65.7 cm³/mol. The summed E-state index contributed by atoms with van der Waals surface area (Å²) in [5.74, 6) is 0.783. The van der Waals surface area contributed by atoms with Gasteiger partial charge in [-0.2, -0.15) is 0 Å². The van der Waals surface area contributed by atoms with E-state index in [4.69, 9.17) is 0 Å². The van der Waals surface area contributed by atoms with Crippen molar-refractivity contribution in [3.8, 4) is 0 Å². The molecule has 1 unspecified atom stereocenters. The summed E-state index contributed by atoms with van der Waals surface area (Å²) < 4.78 is 0. The third kappa shape index (κ3) is 1.82. The molecule has 2 aliphatic rings. The Balaban J connectivity index is 1.80. The standard InChI is InChI=1S/C14H19NO/c1-15-7-6-11-9-12(4-5-13(11)15)14(16)8-10-2-3-10/h4-5,9-10,14,16H,2-3,6-8H2,1H3. The van der Waals surface area contributed by atoms with Gasteiger partial charge in [-0.3, -0.25) is 0 Å². The SMILES string of the molecule is CN1CCc2cc(C(O)CC3CC3)ccc21. The van der Waals surface area contributed by atoms with Crippen LogP contribution in [0.4, 0.5) is 5.69 Å². The van der Waals surface area contributed by atoms with Gasteiger partial charge in [0.1, 0.15) is 0 Å². The summed E-state index contributed by atoms with van der Waals surface area (Å²) in [6.07, 6.45) is 4.45. The van der Waals surface area contributed by atoms with Crippen LogP contribution in [0.5, 0.6) is 0 Å². The number of hydrogen-bond donors (Lipinski definition) is 1. The van der Waals surface area contributed by atoms with Gasteiger partial charge < -0.3 is 10.0 Å². The summed E-state index contributed by atoms with van der Waals surface area (Å²) in [4.78, 5) is 2.28. The molecule has 1 aromatic carbocycles. The molecule has 16 heavy (non-hydrogen) atoms. The van der Waals surface area contributed by atoms with E-state index in [1.165, 1.54) is 24.1 Å². The van der Waals surface area contributed by atoms with E-state index in [2.05, 4.69) is 30.1 Å². The summed E-state index contributed by atoms with van der Waals surface area (Å²) in [5, 5.41) is 10.1. The lowest BCUT2D eigenvalue weighted by Gasteiger charge is -2.14. The Labute approximate surface area is 96.9 Å². The van der Waals surface area contributed by atoms with Crippen molar-refractivity contribution < 1.29 is 5.11 Å². The molecule has 1 aliphatic heterocycles. The second-order valence-corrected chi connectivity index (χ2v) is 5.25. The molecule has 3 rings (SSSR count). The molecular formula is C14H19NO. The molecular weight excluding hydrogens is 198 g/mol. The maximum atomic E-state index is 10.1. The van der Waals surface area contributed by atoms with Gasteiger partial charge in [0.05, 0.1) is 6.10 Å². The minimum atomic E-state index is -0.247. The molecule has 0 aromatic heterocycles. The van der Waals surface area contributed by atoms with Crippen molar-refractivity contribution >= 4 is 5.69 Å². The number of rotatable bonds is 3. The van der Waals surface area contributed by atoms with Crippen molar-refractivity contribution in [3.63, 3.8) is 0 Å². The third-order valence-corrected chi connectivity index (χ3v) is 3.87. The fraction of sp³-hybridized carbons (Fsp3) is 0.571. The van der Waals surface area contributed by atoms with Crippen LogP contribution in [0.3, 0.4) is 0 Å². The van der Waals surface area contributed by atoms with Crippen molar-refractivity contribution in [2.75, 3.05) is 18.5 Å². The summed E-state index contributed by atoms with van der Waals surface area (Å²) >= 11 is 0. The van der Waals surface area contributed by atoms with Crippen molar-refractivity contribution in [2.24, 2.45) is 5.92 Å². The van der Waals surface area contributed by atoms with Crippen molar-refractivity contribution in [1.29, 1.82) is 0 Å². The quantitative estimate of drug-likeness (QED) is 0.841. The van der Waals surface area contributed by atoms with E-state index >= 15 is 0 Å². The van der Waals surface area contributed by atoms with Gasteiger partial charge in [0.25, 0.3) is 0 Å². The van der Waals surface area contributed by atoms with E-state index in [0.29, 0.717) is 0 Å². The molecule has 1 fully saturated rings. The van der Waals surface area contributed by atoms with E-state index in [9.17, 15) is 5.11 Å². The fourth-order valence-electron chi connectivity index (χ4n) is 2.60. The highest BCUT2D eigenvalue weighted by Gasteiger charge is 2.26. The lowest BCUT2D eigenvalue weighted by molar-refractivity contribution is 0.160. The van der Waals surface area contributed by atoms with E-state index in [-0.39, 0.29) is 6.10 Å².